The number of amidine groups is 2. The summed E-state index contributed by atoms with van der Waals surface area (Å²) in [4.78, 5) is 6.43. The Labute approximate surface area is 237 Å². The molecule has 2 heterocycles. The number of nitrogens with zero attached hydrogens (tertiary/aromatic N) is 5. The Hall–Kier alpha value is -4.64. The second-order valence-electron chi connectivity index (χ2n) is 9.51. The SMILES string of the molecule is Cc1cccc(C)c1N1C(=N)CS/C1=N\N=C\c1ccc2c(ccc3c2ncn3-c2ccc(OC(F)(F)F)cc2)c1. The normalized spacial score (nSPS) is 15.2. The fourth-order valence-electron chi connectivity index (χ4n) is 4.91. The van der Waals surface area contributed by atoms with Crippen LogP contribution in [0.3, 0.4) is 0 Å². The van der Waals surface area contributed by atoms with E-state index in [0.29, 0.717) is 22.4 Å². The molecule has 206 valence electrons. The fourth-order valence-corrected chi connectivity index (χ4v) is 5.74. The molecule has 1 aliphatic rings. The molecule has 1 N–H and O–H groups in total. The monoisotopic (exact) mass is 572 g/mol. The Morgan fingerprint density at radius 2 is 1.76 bits per heavy atom. The van der Waals surface area contributed by atoms with Gasteiger partial charge in [-0.3, -0.25) is 14.9 Å². The highest BCUT2D eigenvalue weighted by Crippen LogP contribution is 2.33. The summed E-state index contributed by atoms with van der Waals surface area (Å²) in [6, 6.07) is 21.5. The Morgan fingerprint density at radius 3 is 2.49 bits per heavy atom. The van der Waals surface area contributed by atoms with Crippen molar-refractivity contribution in [2.24, 2.45) is 10.2 Å². The average Bonchev–Trinajstić information content (AvgIpc) is 3.52. The summed E-state index contributed by atoms with van der Waals surface area (Å²) in [5, 5.41) is 19.8. The second kappa shape index (κ2) is 10.4. The van der Waals surface area contributed by atoms with Crippen LogP contribution in [-0.2, 0) is 0 Å². The molecule has 0 radical (unpaired) electrons. The van der Waals surface area contributed by atoms with Crippen LogP contribution in [-0.4, -0.2) is 38.9 Å². The number of halogens is 3. The van der Waals surface area contributed by atoms with Crippen LogP contribution in [0.4, 0.5) is 18.9 Å². The molecule has 6 rings (SSSR count). The fraction of sp³-hybridized carbons (Fsp3) is 0.133. The number of para-hydroxylation sites is 1. The number of hydrogen-bond donors (Lipinski definition) is 1. The lowest BCUT2D eigenvalue weighted by atomic mass is 10.1. The van der Waals surface area contributed by atoms with Crippen molar-refractivity contribution in [3.05, 3.63) is 95.8 Å². The van der Waals surface area contributed by atoms with Crippen LogP contribution in [0.2, 0.25) is 0 Å². The molecule has 0 unspecified atom stereocenters. The summed E-state index contributed by atoms with van der Waals surface area (Å²) < 4.78 is 43.3. The third kappa shape index (κ3) is 5.28. The van der Waals surface area contributed by atoms with Gasteiger partial charge in [0.2, 0.25) is 0 Å². The summed E-state index contributed by atoms with van der Waals surface area (Å²) >= 11 is 1.48. The quantitative estimate of drug-likeness (QED) is 0.174. The van der Waals surface area contributed by atoms with E-state index >= 15 is 0 Å². The number of nitrogens with one attached hydrogen (secondary N) is 1. The predicted molar refractivity (Wildman–Crippen MR) is 159 cm³/mol. The molecular weight excluding hydrogens is 549 g/mol. The molecule has 0 aliphatic carbocycles. The van der Waals surface area contributed by atoms with Crippen LogP contribution >= 0.6 is 11.8 Å². The zero-order valence-electron chi connectivity index (χ0n) is 22.0. The zero-order valence-corrected chi connectivity index (χ0v) is 22.8. The first kappa shape index (κ1) is 26.6. The van der Waals surface area contributed by atoms with E-state index in [4.69, 9.17) is 5.41 Å². The summed E-state index contributed by atoms with van der Waals surface area (Å²) in [6.45, 7) is 4.05. The summed E-state index contributed by atoms with van der Waals surface area (Å²) in [6.07, 6.45) is -1.40. The van der Waals surface area contributed by atoms with E-state index in [1.54, 1.807) is 24.7 Å². The molecule has 0 atom stereocenters. The van der Waals surface area contributed by atoms with Crippen molar-refractivity contribution in [1.29, 1.82) is 5.41 Å². The first-order chi connectivity index (χ1) is 19.7. The maximum Gasteiger partial charge on any atom is 0.573 e. The number of rotatable bonds is 5. The van der Waals surface area contributed by atoms with Gasteiger partial charge in [0.25, 0.3) is 0 Å². The van der Waals surface area contributed by atoms with Crippen molar-refractivity contribution in [1.82, 2.24) is 9.55 Å². The van der Waals surface area contributed by atoms with E-state index in [-0.39, 0.29) is 5.75 Å². The van der Waals surface area contributed by atoms with E-state index in [0.717, 1.165) is 44.2 Å². The number of imidazole rings is 1. The van der Waals surface area contributed by atoms with Crippen molar-refractivity contribution in [3.63, 3.8) is 0 Å². The molecule has 4 aromatic carbocycles. The highest BCUT2D eigenvalue weighted by Gasteiger charge is 2.31. The molecule has 7 nitrogen and oxygen atoms in total. The maximum atomic E-state index is 12.5. The van der Waals surface area contributed by atoms with Gasteiger partial charge < -0.3 is 4.74 Å². The lowest BCUT2D eigenvalue weighted by Crippen LogP contribution is -2.30. The van der Waals surface area contributed by atoms with Crippen molar-refractivity contribution >= 4 is 56.5 Å². The number of fused-ring (bicyclic) bond motifs is 3. The third-order valence-electron chi connectivity index (χ3n) is 6.72. The molecule has 1 fully saturated rings. The van der Waals surface area contributed by atoms with Gasteiger partial charge in [0.1, 0.15) is 17.9 Å². The standard InChI is InChI=1S/C30H23F3N6OS/c1-18-4-3-5-19(2)28(18)39-26(34)16-41-29(39)37-36-15-20-6-12-24-21(14-20)7-13-25-27(24)35-17-38(25)22-8-10-23(11-9-22)40-30(31,32)33/h3-15,17,34H,16H2,1-2H3/b34-26?,36-15+,37-29-. The zero-order chi connectivity index (χ0) is 28.7. The van der Waals surface area contributed by atoms with E-state index in [2.05, 4.69) is 19.9 Å². The van der Waals surface area contributed by atoms with Gasteiger partial charge in [-0.1, -0.05) is 48.2 Å². The molecular formula is C30H23F3N6OS. The van der Waals surface area contributed by atoms with Crippen LogP contribution in [0.25, 0.3) is 27.5 Å². The second-order valence-corrected chi connectivity index (χ2v) is 10.5. The topological polar surface area (TPSA) is 78.9 Å². The minimum Gasteiger partial charge on any atom is -0.406 e. The van der Waals surface area contributed by atoms with Crippen molar-refractivity contribution in [3.8, 4) is 11.4 Å². The van der Waals surface area contributed by atoms with Crippen molar-refractivity contribution in [2.45, 2.75) is 20.2 Å². The number of hydrogen-bond acceptors (Lipinski definition) is 6. The van der Waals surface area contributed by atoms with Gasteiger partial charge in [0.05, 0.1) is 28.7 Å². The molecule has 0 spiro atoms. The number of ether oxygens (including phenoxy) is 1. The van der Waals surface area contributed by atoms with E-state index in [1.165, 1.54) is 23.9 Å². The molecule has 1 aromatic heterocycles. The van der Waals surface area contributed by atoms with Gasteiger partial charge in [-0.05, 0) is 72.3 Å². The molecule has 0 bridgehead atoms. The van der Waals surface area contributed by atoms with Gasteiger partial charge in [0, 0.05) is 11.1 Å². The van der Waals surface area contributed by atoms with E-state index < -0.39 is 6.36 Å². The minimum atomic E-state index is -4.74. The van der Waals surface area contributed by atoms with E-state index in [9.17, 15) is 13.2 Å². The van der Waals surface area contributed by atoms with Crippen molar-refractivity contribution in [2.75, 3.05) is 10.7 Å². The highest BCUT2D eigenvalue weighted by atomic mass is 32.2. The summed E-state index contributed by atoms with van der Waals surface area (Å²) in [5.74, 6) is 0.728. The molecule has 5 aromatic rings. The molecule has 0 saturated carbocycles. The lowest BCUT2D eigenvalue weighted by molar-refractivity contribution is -0.274. The highest BCUT2D eigenvalue weighted by molar-refractivity contribution is 8.15. The number of aromatic nitrogens is 2. The van der Waals surface area contributed by atoms with Crippen LogP contribution in [0.15, 0.2) is 89.3 Å². The molecule has 11 heteroatoms. The largest absolute Gasteiger partial charge is 0.573 e. The van der Waals surface area contributed by atoms with Crippen molar-refractivity contribution < 1.29 is 17.9 Å². The average molecular weight is 573 g/mol. The van der Waals surface area contributed by atoms with E-state index in [1.807, 2.05) is 71.8 Å². The van der Waals surface area contributed by atoms with Crippen LogP contribution in [0.1, 0.15) is 16.7 Å². The number of alkyl halides is 3. The van der Waals surface area contributed by atoms with Gasteiger partial charge >= 0.3 is 6.36 Å². The first-order valence-corrected chi connectivity index (χ1v) is 13.6. The van der Waals surface area contributed by atoms with Gasteiger partial charge in [-0.2, -0.15) is 5.10 Å². The van der Waals surface area contributed by atoms with Crippen LogP contribution < -0.4 is 9.64 Å². The number of aryl methyl sites for hydroxylation is 2. The minimum absolute atomic E-state index is 0.279. The van der Waals surface area contributed by atoms with Gasteiger partial charge in [-0.25, -0.2) is 4.98 Å². The number of thioether (sulfide) groups is 1. The molecule has 41 heavy (non-hydrogen) atoms. The van der Waals surface area contributed by atoms with Gasteiger partial charge in [0.15, 0.2) is 5.17 Å². The number of benzene rings is 4. The molecule has 1 aliphatic heterocycles. The summed E-state index contributed by atoms with van der Waals surface area (Å²) in [5.41, 5.74) is 6.23. The van der Waals surface area contributed by atoms with Crippen LogP contribution in [0.5, 0.6) is 5.75 Å². The molecule has 1 saturated heterocycles. The predicted octanol–water partition coefficient (Wildman–Crippen LogP) is 7.61. The molecule has 0 amide bonds. The maximum absolute atomic E-state index is 12.5. The Morgan fingerprint density at radius 1 is 1.00 bits per heavy atom. The smallest absolute Gasteiger partial charge is 0.406 e. The Kier molecular flexibility index (Phi) is 6.74. The van der Waals surface area contributed by atoms with Gasteiger partial charge in [-0.15, -0.1) is 18.3 Å². The number of anilines is 1. The van der Waals surface area contributed by atoms with Crippen LogP contribution in [0, 0.1) is 19.3 Å². The lowest BCUT2D eigenvalue weighted by Gasteiger charge is -2.21. The first-order valence-electron chi connectivity index (χ1n) is 12.6. The summed E-state index contributed by atoms with van der Waals surface area (Å²) in [7, 11) is 0. The Balaban J connectivity index is 1.26. The Bertz CT molecular complexity index is 1840. The third-order valence-corrected chi connectivity index (χ3v) is 7.66.